The monoisotopic (exact) mass is 528 g/mol. The third-order valence-corrected chi connectivity index (χ3v) is 7.85. The van der Waals surface area contributed by atoms with Gasteiger partial charge in [0.05, 0.1) is 36.1 Å². The van der Waals surface area contributed by atoms with Gasteiger partial charge in [0, 0.05) is 12.0 Å². The summed E-state index contributed by atoms with van der Waals surface area (Å²) in [7, 11) is 3.14. The number of aliphatic hydroxyl groups excluding tert-OH is 1. The van der Waals surface area contributed by atoms with Crippen molar-refractivity contribution in [2.75, 3.05) is 19.1 Å². The van der Waals surface area contributed by atoms with E-state index in [9.17, 15) is 14.7 Å². The molecule has 1 fully saturated rings. The van der Waals surface area contributed by atoms with Gasteiger partial charge in [-0.3, -0.25) is 14.5 Å². The first kappa shape index (κ1) is 24.0. The average molecular weight is 529 g/mol. The molecule has 38 heavy (non-hydrogen) atoms. The molecule has 192 valence electrons. The highest BCUT2D eigenvalue weighted by Crippen LogP contribution is 2.45. The number of methoxy groups -OCH3 is 2. The maximum atomic E-state index is 13.5. The summed E-state index contributed by atoms with van der Waals surface area (Å²) in [5.41, 5.74) is 2.71. The first-order valence-electron chi connectivity index (χ1n) is 12.1. The van der Waals surface area contributed by atoms with Gasteiger partial charge in [0.15, 0.2) is 5.13 Å². The number of anilines is 1. The molecule has 9 heteroatoms. The highest BCUT2D eigenvalue weighted by molar-refractivity contribution is 7.22. The Labute approximate surface area is 222 Å². The van der Waals surface area contributed by atoms with Gasteiger partial charge in [-0.2, -0.15) is 0 Å². The van der Waals surface area contributed by atoms with Crippen LogP contribution in [0.2, 0.25) is 0 Å². The molecular formula is C29H24N2O6S. The zero-order valence-electron chi connectivity index (χ0n) is 20.9. The van der Waals surface area contributed by atoms with Crippen LogP contribution in [0.4, 0.5) is 5.13 Å². The fourth-order valence-electron chi connectivity index (χ4n) is 4.98. The molecule has 3 heterocycles. The Morgan fingerprint density at radius 2 is 1.76 bits per heavy atom. The van der Waals surface area contributed by atoms with Crippen LogP contribution in [0.15, 0.2) is 66.2 Å². The van der Waals surface area contributed by atoms with Gasteiger partial charge in [0.25, 0.3) is 5.78 Å². The van der Waals surface area contributed by atoms with E-state index in [1.807, 2.05) is 19.1 Å². The van der Waals surface area contributed by atoms with Gasteiger partial charge in [0.2, 0.25) is 0 Å². The first-order valence-corrected chi connectivity index (χ1v) is 12.9. The number of carbonyl (C=O) groups is 2. The number of aliphatic hydroxyl groups is 1. The van der Waals surface area contributed by atoms with Crippen molar-refractivity contribution in [1.29, 1.82) is 0 Å². The summed E-state index contributed by atoms with van der Waals surface area (Å²) in [6.45, 7) is 1.97. The van der Waals surface area contributed by atoms with Crippen molar-refractivity contribution in [3.8, 4) is 17.2 Å². The fourth-order valence-corrected chi connectivity index (χ4v) is 6.00. The van der Waals surface area contributed by atoms with Crippen LogP contribution in [0.3, 0.4) is 0 Å². The number of rotatable bonds is 5. The minimum atomic E-state index is -0.883. The Hall–Kier alpha value is -4.37. The van der Waals surface area contributed by atoms with Crippen molar-refractivity contribution < 1.29 is 28.9 Å². The molecule has 4 aromatic rings. The van der Waals surface area contributed by atoms with Crippen LogP contribution in [0, 0.1) is 0 Å². The Morgan fingerprint density at radius 1 is 1.03 bits per heavy atom. The lowest BCUT2D eigenvalue weighted by molar-refractivity contribution is -0.132. The summed E-state index contributed by atoms with van der Waals surface area (Å²) in [6, 6.07) is 16.9. The van der Waals surface area contributed by atoms with E-state index >= 15 is 0 Å². The van der Waals surface area contributed by atoms with Crippen molar-refractivity contribution in [2.45, 2.75) is 25.5 Å². The summed E-state index contributed by atoms with van der Waals surface area (Å²) < 4.78 is 17.2. The van der Waals surface area contributed by atoms with Crippen LogP contribution < -0.4 is 19.1 Å². The predicted molar refractivity (Wildman–Crippen MR) is 144 cm³/mol. The molecule has 0 saturated carbocycles. The Kier molecular flexibility index (Phi) is 5.80. The van der Waals surface area contributed by atoms with Crippen molar-refractivity contribution >= 4 is 44.1 Å². The maximum Gasteiger partial charge on any atom is 0.301 e. The van der Waals surface area contributed by atoms with Crippen LogP contribution in [-0.2, 0) is 16.0 Å². The standard InChI is InChI=1S/C29H24N2O6S/c1-15-12-18-13-17(6-11-22(18)37-15)26(32)24-25(16-4-7-19(35-2)8-5-16)31(28(34)27(24)33)29-30-21-10-9-20(36-3)14-23(21)38-29/h4-11,13-15,25,32H,12H2,1-3H3/b26-24+. The smallest absolute Gasteiger partial charge is 0.301 e. The van der Waals surface area contributed by atoms with Gasteiger partial charge in [-0.05, 0) is 66.6 Å². The number of ketones is 1. The number of thiazole rings is 1. The average Bonchev–Trinajstić information content (AvgIpc) is 3.60. The van der Waals surface area contributed by atoms with Crippen LogP contribution in [0.5, 0.6) is 17.2 Å². The lowest BCUT2D eigenvalue weighted by Crippen LogP contribution is -2.29. The third kappa shape index (κ3) is 3.86. The zero-order chi connectivity index (χ0) is 26.6. The molecule has 2 atom stereocenters. The summed E-state index contributed by atoms with van der Waals surface area (Å²) in [4.78, 5) is 33.1. The molecule has 1 saturated heterocycles. The molecule has 0 spiro atoms. The van der Waals surface area contributed by atoms with E-state index in [1.54, 1.807) is 62.8 Å². The number of carbonyl (C=O) groups excluding carboxylic acids is 2. The molecule has 0 radical (unpaired) electrons. The molecule has 2 aliphatic rings. The van der Waals surface area contributed by atoms with E-state index in [1.165, 1.54) is 16.2 Å². The van der Waals surface area contributed by atoms with E-state index in [4.69, 9.17) is 14.2 Å². The largest absolute Gasteiger partial charge is 0.507 e. The third-order valence-electron chi connectivity index (χ3n) is 6.84. The molecule has 2 unspecified atom stereocenters. The van der Waals surface area contributed by atoms with Crippen molar-refractivity contribution in [3.63, 3.8) is 0 Å². The molecule has 3 aromatic carbocycles. The van der Waals surface area contributed by atoms with Gasteiger partial charge < -0.3 is 19.3 Å². The molecule has 6 rings (SSSR count). The first-order chi connectivity index (χ1) is 18.4. The van der Waals surface area contributed by atoms with E-state index in [0.717, 1.165) is 16.0 Å². The lowest BCUT2D eigenvalue weighted by atomic mass is 9.94. The Bertz CT molecular complexity index is 1620. The highest BCUT2D eigenvalue weighted by atomic mass is 32.1. The minimum Gasteiger partial charge on any atom is -0.507 e. The maximum absolute atomic E-state index is 13.5. The number of aromatic nitrogens is 1. The number of benzene rings is 3. The summed E-state index contributed by atoms with van der Waals surface area (Å²) in [6.07, 6.45) is 0.729. The van der Waals surface area contributed by atoms with Crippen LogP contribution in [-0.4, -0.2) is 42.1 Å². The predicted octanol–water partition coefficient (Wildman–Crippen LogP) is 5.26. The van der Waals surface area contributed by atoms with Gasteiger partial charge in [0.1, 0.15) is 29.1 Å². The Balaban J connectivity index is 1.52. The molecule has 1 amide bonds. The van der Waals surface area contributed by atoms with E-state index in [0.29, 0.717) is 39.7 Å². The van der Waals surface area contributed by atoms with E-state index < -0.39 is 17.7 Å². The molecule has 0 bridgehead atoms. The van der Waals surface area contributed by atoms with Crippen LogP contribution in [0.1, 0.15) is 29.7 Å². The molecule has 8 nitrogen and oxygen atoms in total. The fraction of sp³-hybridized carbons (Fsp3) is 0.207. The topological polar surface area (TPSA) is 98.2 Å². The molecule has 2 aliphatic heterocycles. The highest BCUT2D eigenvalue weighted by Gasteiger charge is 2.48. The SMILES string of the molecule is COc1ccc(C2/C(=C(\O)c3ccc4c(c3)CC(C)O4)C(=O)C(=O)N2c2nc3ccc(OC)cc3s2)cc1. The Morgan fingerprint density at radius 3 is 2.50 bits per heavy atom. The van der Waals surface area contributed by atoms with Crippen molar-refractivity contribution in [1.82, 2.24) is 4.98 Å². The second kappa shape index (κ2) is 9.18. The molecule has 1 aromatic heterocycles. The van der Waals surface area contributed by atoms with Crippen molar-refractivity contribution in [2.24, 2.45) is 0 Å². The van der Waals surface area contributed by atoms with Gasteiger partial charge >= 0.3 is 5.91 Å². The van der Waals surface area contributed by atoms with Crippen LogP contribution in [0.25, 0.3) is 16.0 Å². The number of hydrogen-bond donors (Lipinski definition) is 1. The number of hydrogen-bond acceptors (Lipinski definition) is 8. The summed E-state index contributed by atoms with van der Waals surface area (Å²) >= 11 is 1.28. The summed E-state index contributed by atoms with van der Waals surface area (Å²) in [5.74, 6) is 0.284. The van der Waals surface area contributed by atoms with Crippen LogP contribution >= 0.6 is 11.3 Å². The molecular weight excluding hydrogens is 504 g/mol. The van der Waals surface area contributed by atoms with E-state index in [-0.39, 0.29) is 17.4 Å². The quantitative estimate of drug-likeness (QED) is 0.214. The normalized spacial score (nSPS) is 20.0. The van der Waals surface area contributed by atoms with Gasteiger partial charge in [-0.25, -0.2) is 4.98 Å². The van der Waals surface area contributed by atoms with Gasteiger partial charge in [-0.15, -0.1) is 0 Å². The minimum absolute atomic E-state index is 0.00363. The van der Waals surface area contributed by atoms with Gasteiger partial charge in [-0.1, -0.05) is 23.5 Å². The number of Topliss-reactive ketones (excluding diaryl/α,β-unsaturated/α-hetero) is 1. The number of fused-ring (bicyclic) bond motifs is 2. The molecule has 0 aliphatic carbocycles. The molecule has 1 N–H and O–H groups in total. The number of amides is 1. The number of ether oxygens (including phenoxy) is 3. The van der Waals surface area contributed by atoms with Crippen molar-refractivity contribution in [3.05, 3.63) is 82.9 Å². The zero-order valence-corrected chi connectivity index (χ0v) is 21.7. The summed E-state index contributed by atoms with van der Waals surface area (Å²) in [5, 5.41) is 11.8. The number of nitrogens with zero attached hydrogens (tertiary/aromatic N) is 2. The van der Waals surface area contributed by atoms with E-state index in [2.05, 4.69) is 4.98 Å². The lowest BCUT2D eigenvalue weighted by Gasteiger charge is -2.23. The second-order valence-electron chi connectivity index (χ2n) is 9.23. The second-order valence-corrected chi connectivity index (χ2v) is 10.2.